The first kappa shape index (κ1) is 25.2. The molecule has 1 aliphatic rings. The molecule has 0 unspecified atom stereocenters. The van der Waals surface area contributed by atoms with Crippen molar-refractivity contribution >= 4 is 45.7 Å². The molecule has 4 nitrogen and oxygen atoms in total. The summed E-state index contributed by atoms with van der Waals surface area (Å²) in [4.78, 5) is 4.87. The maximum Gasteiger partial charge on any atom is 0.138 e. The molecule has 7 heteroatoms. The second-order valence-electron chi connectivity index (χ2n) is 8.48. The molecule has 0 bridgehead atoms. The topological polar surface area (TPSA) is 20.6 Å². The van der Waals surface area contributed by atoms with Crippen molar-refractivity contribution < 1.29 is 4.74 Å². The summed E-state index contributed by atoms with van der Waals surface area (Å²) < 4.78 is 8.33. The van der Waals surface area contributed by atoms with E-state index in [1.807, 2.05) is 12.1 Å². The molecular formula is C25H32Cl3N3O. The van der Waals surface area contributed by atoms with Crippen molar-refractivity contribution in [3.63, 3.8) is 0 Å². The van der Waals surface area contributed by atoms with Gasteiger partial charge >= 0.3 is 0 Å². The molecule has 2 heterocycles. The Morgan fingerprint density at radius 3 is 2.31 bits per heavy atom. The van der Waals surface area contributed by atoms with Gasteiger partial charge in [0, 0.05) is 40.6 Å². The highest BCUT2D eigenvalue weighted by Gasteiger charge is 2.24. The van der Waals surface area contributed by atoms with E-state index in [1.165, 1.54) is 23.8 Å². The Balaban J connectivity index is 0.00000289. The maximum atomic E-state index is 6.37. The summed E-state index contributed by atoms with van der Waals surface area (Å²) >= 11 is 18.7. The minimum atomic E-state index is 0. The van der Waals surface area contributed by atoms with Crippen LogP contribution in [0.4, 0.5) is 0 Å². The number of aryl methyl sites for hydroxylation is 1. The van der Waals surface area contributed by atoms with Crippen molar-refractivity contribution in [3.8, 4) is 5.75 Å². The van der Waals surface area contributed by atoms with Crippen LogP contribution in [0, 0.1) is 0 Å². The van der Waals surface area contributed by atoms with Gasteiger partial charge in [-0.1, -0.05) is 42.2 Å². The van der Waals surface area contributed by atoms with Crippen LogP contribution in [0.1, 0.15) is 31.5 Å². The fourth-order valence-electron chi connectivity index (χ4n) is 4.46. The van der Waals surface area contributed by atoms with E-state index >= 15 is 0 Å². The highest BCUT2D eigenvalue weighted by Crippen LogP contribution is 2.33. The van der Waals surface area contributed by atoms with Crippen LogP contribution >= 0.6 is 34.8 Å². The number of nitrogens with zero attached hydrogens (tertiary/aromatic N) is 3. The molecule has 1 saturated heterocycles. The van der Waals surface area contributed by atoms with Crippen LogP contribution in [-0.4, -0.2) is 47.6 Å². The molecule has 1 fully saturated rings. The largest absolute Gasteiger partial charge is 0.486 e. The SMILES string of the molecule is C.CN(C)C1CCN(Cc2c(COc3ccc(Cl)cc3Cl)n(C)c3ccc(Cl)cc23)CC1. The van der Waals surface area contributed by atoms with Gasteiger partial charge in [-0.25, -0.2) is 0 Å². The van der Waals surface area contributed by atoms with E-state index < -0.39 is 0 Å². The van der Waals surface area contributed by atoms with Crippen molar-refractivity contribution in [1.29, 1.82) is 0 Å². The predicted molar refractivity (Wildman–Crippen MR) is 137 cm³/mol. The molecule has 0 N–H and O–H groups in total. The number of hydrogen-bond acceptors (Lipinski definition) is 3. The third kappa shape index (κ3) is 5.37. The van der Waals surface area contributed by atoms with Gasteiger partial charge in [0.25, 0.3) is 0 Å². The molecule has 0 aliphatic carbocycles. The molecule has 3 aromatic rings. The van der Waals surface area contributed by atoms with E-state index in [-0.39, 0.29) is 7.43 Å². The first-order valence-corrected chi connectivity index (χ1v) is 11.7. The molecule has 32 heavy (non-hydrogen) atoms. The zero-order valence-electron chi connectivity index (χ0n) is 18.2. The summed E-state index contributed by atoms with van der Waals surface area (Å²) in [6, 6.07) is 12.1. The zero-order valence-corrected chi connectivity index (χ0v) is 20.4. The molecule has 174 valence electrons. The van der Waals surface area contributed by atoms with Crippen LogP contribution < -0.4 is 4.74 Å². The molecule has 2 aromatic carbocycles. The van der Waals surface area contributed by atoms with E-state index in [4.69, 9.17) is 39.5 Å². The van der Waals surface area contributed by atoms with Crippen LogP contribution in [-0.2, 0) is 20.2 Å². The van der Waals surface area contributed by atoms with E-state index in [0.717, 1.165) is 35.9 Å². The van der Waals surface area contributed by atoms with Crippen molar-refractivity contribution in [2.45, 2.75) is 39.5 Å². The van der Waals surface area contributed by atoms with Gasteiger partial charge in [-0.2, -0.15) is 0 Å². The van der Waals surface area contributed by atoms with E-state index in [2.05, 4.69) is 47.6 Å². The van der Waals surface area contributed by atoms with Gasteiger partial charge in [-0.3, -0.25) is 4.90 Å². The smallest absolute Gasteiger partial charge is 0.138 e. The number of ether oxygens (including phenoxy) is 1. The third-order valence-corrected chi connectivity index (χ3v) is 7.09. The van der Waals surface area contributed by atoms with Crippen molar-refractivity contribution in [2.24, 2.45) is 7.05 Å². The first-order valence-electron chi connectivity index (χ1n) is 10.6. The summed E-state index contributed by atoms with van der Waals surface area (Å²) in [5.41, 5.74) is 3.56. The molecule has 0 saturated carbocycles. The van der Waals surface area contributed by atoms with Crippen molar-refractivity contribution in [3.05, 3.63) is 62.7 Å². The Kier molecular flexibility index (Phi) is 8.40. The molecule has 1 aromatic heterocycles. The number of benzene rings is 2. The van der Waals surface area contributed by atoms with Gasteiger partial charge in [0.1, 0.15) is 12.4 Å². The quantitative estimate of drug-likeness (QED) is 0.371. The lowest BCUT2D eigenvalue weighted by atomic mass is 10.0. The van der Waals surface area contributed by atoms with Gasteiger partial charge in [0.2, 0.25) is 0 Å². The number of piperidine rings is 1. The van der Waals surface area contributed by atoms with Crippen LogP contribution in [0.2, 0.25) is 15.1 Å². The van der Waals surface area contributed by atoms with Crippen LogP contribution in [0.3, 0.4) is 0 Å². The first-order chi connectivity index (χ1) is 14.8. The normalized spacial score (nSPS) is 15.3. The number of hydrogen-bond donors (Lipinski definition) is 0. The second-order valence-corrected chi connectivity index (χ2v) is 9.76. The Morgan fingerprint density at radius 2 is 1.66 bits per heavy atom. The average Bonchev–Trinajstić information content (AvgIpc) is 2.98. The minimum Gasteiger partial charge on any atom is -0.486 e. The molecule has 1 aliphatic heterocycles. The Labute approximate surface area is 206 Å². The van der Waals surface area contributed by atoms with Crippen LogP contribution in [0.5, 0.6) is 5.75 Å². The molecule has 0 radical (unpaired) electrons. The summed E-state index contributed by atoms with van der Waals surface area (Å²) in [6.07, 6.45) is 2.37. The van der Waals surface area contributed by atoms with Gasteiger partial charge in [0.15, 0.2) is 0 Å². The van der Waals surface area contributed by atoms with Crippen molar-refractivity contribution in [1.82, 2.24) is 14.4 Å². The summed E-state index contributed by atoms with van der Waals surface area (Å²) in [5.74, 6) is 0.632. The fourth-order valence-corrected chi connectivity index (χ4v) is 5.10. The van der Waals surface area contributed by atoms with Gasteiger partial charge < -0.3 is 14.2 Å². The van der Waals surface area contributed by atoms with Crippen LogP contribution in [0.25, 0.3) is 10.9 Å². The number of rotatable bonds is 6. The standard InChI is InChI=1S/C24H28Cl3N3O.CH4/c1-28(2)18-8-10-30(11-9-18)14-20-19-12-16(25)4-6-22(19)29(3)23(20)15-31-24-7-5-17(26)13-21(24)27;/h4-7,12-13,18H,8-11,14-15H2,1-3H3;1H4. The Morgan fingerprint density at radius 1 is 1.00 bits per heavy atom. The summed E-state index contributed by atoms with van der Waals surface area (Å²) in [6.45, 7) is 3.48. The van der Waals surface area contributed by atoms with Crippen LogP contribution in [0.15, 0.2) is 36.4 Å². The maximum absolute atomic E-state index is 6.37. The van der Waals surface area contributed by atoms with Gasteiger partial charge in [-0.05, 0) is 82.0 Å². The number of halogens is 3. The number of aromatic nitrogens is 1. The van der Waals surface area contributed by atoms with E-state index in [9.17, 15) is 0 Å². The van der Waals surface area contributed by atoms with E-state index in [0.29, 0.717) is 28.4 Å². The minimum absolute atomic E-state index is 0. The number of fused-ring (bicyclic) bond motifs is 1. The monoisotopic (exact) mass is 495 g/mol. The molecule has 4 rings (SSSR count). The average molecular weight is 497 g/mol. The third-order valence-electron chi connectivity index (χ3n) is 6.33. The lowest BCUT2D eigenvalue weighted by Gasteiger charge is -2.35. The zero-order chi connectivity index (χ0) is 22.1. The molecule has 0 atom stereocenters. The van der Waals surface area contributed by atoms with Gasteiger partial charge in [0.05, 0.1) is 10.7 Å². The summed E-state index contributed by atoms with van der Waals surface area (Å²) in [5, 5.41) is 3.05. The number of likely N-dealkylation sites (tertiary alicyclic amines) is 1. The fraction of sp³-hybridized carbons (Fsp3) is 0.440. The second kappa shape index (κ2) is 10.7. The van der Waals surface area contributed by atoms with Crippen molar-refractivity contribution in [2.75, 3.05) is 27.2 Å². The molecular weight excluding hydrogens is 465 g/mol. The lowest BCUT2D eigenvalue weighted by molar-refractivity contribution is 0.139. The highest BCUT2D eigenvalue weighted by molar-refractivity contribution is 6.35. The Hall–Kier alpha value is -1.43. The predicted octanol–water partition coefficient (Wildman–Crippen LogP) is 6.88. The lowest BCUT2D eigenvalue weighted by Crippen LogP contribution is -2.41. The molecule has 0 spiro atoms. The van der Waals surface area contributed by atoms with Gasteiger partial charge in [-0.15, -0.1) is 0 Å². The van der Waals surface area contributed by atoms with E-state index in [1.54, 1.807) is 12.1 Å². The highest BCUT2D eigenvalue weighted by atomic mass is 35.5. The Bertz CT molecular complexity index is 1070. The summed E-state index contributed by atoms with van der Waals surface area (Å²) in [7, 11) is 6.43. The molecule has 0 amide bonds.